The standard InChI is InChI=1S/C25H25N3O2S/c1-14-20-10-9-19-22(21-12-26-16(3)31-21)27-15(2)28-24(19)25(20,11-17(13-29)23(14)30)18-7-5-4-6-8-18/h4-8,12-14,20,29H,9-11H2,1-3H3/t14-,20-,25+/m0/s1. The first-order valence-corrected chi connectivity index (χ1v) is 11.5. The molecule has 1 N–H and O–H groups in total. The zero-order chi connectivity index (χ0) is 21.8. The van der Waals surface area contributed by atoms with Crippen LogP contribution in [0.15, 0.2) is 48.4 Å². The van der Waals surface area contributed by atoms with Crippen LogP contribution in [0.4, 0.5) is 0 Å². The van der Waals surface area contributed by atoms with Crippen LogP contribution in [-0.2, 0) is 16.6 Å². The van der Waals surface area contributed by atoms with E-state index in [1.807, 2.05) is 45.2 Å². The average Bonchev–Trinajstić information content (AvgIpc) is 3.22. The lowest BCUT2D eigenvalue weighted by molar-refractivity contribution is -0.123. The Morgan fingerprint density at radius 2 is 1.97 bits per heavy atom. The van der Waals surface area contributed by atoms with Crippen LogP contribution in [0.5, 0.6) is 0 Å². The number of thiazole rings is 1. The molecular formula is C25H25N3O2S. The number of nitrogens with zero attached hydrogens (tertiary/aromatic N) is 3. The number of aliphatic hydroxyl groups excluding tert-OH is 1. The second kappa shape index (κ2) is 7.38. The van der Waals surface area contributed by atoms with Gasteiger partial charge in [-0.3, -0.25) is 4.79 Å². The Hall–Kier alpha value is -2.86. The highest BCUT2D eigenvalue weighted by Gasteiger charge is 2.55. The van der Waals surface area contributed by atoms with Gasteiger partial charge in [0.1, 0.15) is 5.82 Å². The lowest BCUT2D eigenvalue weighted by Gasteiger charge is -2.51. The number of carbonyl (C=O) groups is 1. The normalized spacial score (nSPS) is 26.5. The van der Waals surface area contributed by atoms with Gasteiger partial charge < -0.3 is 5.11 Å². The van der Waals surface area contributed by atoms with Crippen LogP contribution in [0.3, 0.4) is 0 Å². The molecule has 3 atom stereocenters. The van der Waals surface area contributed by atoms with Gasteiger partial charge >= 0.3 is 0 Å². The minimum absolute atomic E-state index is 0.0478. The van der Waals surface area contributed by atoms with Gasteiger partial charge in [-0.15, -0.1) is 11.3 Å². The van der Waals surface area contributed by atoms with Crippen LogP contribution in [0.25, 0.3) is 10.6 Å². The fourth-order valence-electron chi connectivity index (χ4n) is 5.65. The number of aryl methyl sites for hydroxylation is 2. The molecule has 2 aromatic heterocycles. The molecule has 2 aliphatic rings. The number of rotatable bonds is 2. The number of hydrogen-bond acceptors (Lipinski definition) is 6. The molecule has 0 amide bonds. The third-order valence-electron chi connectivity index (χ3n) is 6.98. The van der Waals surface area contributed by atoms with Gasteiger partial charge in [-0.2, -0.15) is 0 Å². The number of ketones is 1. The van der Waals surface area contributed by atoms with E-state index in [-0.39, 0.29) is 17.6 Å². The highest BCUT2D eigenvalue weighted by molar-refractivity contribution is 7.15. The van der Waals surface area contributed by atoms with Gasteiger partial charge in [0, 0.05) is 28.7 Å². The van der Waals surface area contributed by atoms with Crippen molar-refractivity contribution < 1.29 is 9.90 Å². The van der Waals surface area contributed by atoms with E-state index in [4.69, 9.17) is 9.97 Å². The van der Waals surface area contributed by atoms with Gasteiger partial charge in [-0.1, -0.05) is 37.3 Å². The Bertz CT molecular complexity index is 1200. The van der Waals surface area contributed by atoms with E-state index in [0.717, 1.165) is 57.3 Å². The van der Waals surface area contributed by atoms with E-state index < -0.39 is 5.41 Å². The number of aromatic nitrogens is 3. The summed E-state index contributed by atoms with van der Waals surface area (Å²) in [4.78, 5) is 28.3. The number of aliphatic hydroxyl groups is 1. The highest BCUT2D eigenvalue weighted by Crippen LogP contribution is 2.56. The minimum Gasteiger partial charge on any atom is -0.515 e. The summed E-state index contributed by atoms with van der Waals surface area (Å²) in [5, 5.41) is 11.0. The largest absolute Gasteiger partial charge is 0.515 e. The number of allylic oxidation sites excluding steroid dienone is 1. The summed E-state index contributed by atoms with van der Waals surface area (Å²) in [5.41, 5.74) is 4.26. The van der Waals surface area contributed by atoms with Crippen molar-refractivity contribution in [2.45, 2.75) is 45.4 Å². The summed E-state index contributed by atoms with van der Waals surface area (Å²) in [6.45, 7) is 5.93. The van der Waals surface area contributed by atoms with Gasteiger partial charge in [0.2, 0.25) is 0 Å². The molecular weight excluding hydrogens is 406 g/mol. The van der Waals surface area contributed by atoms with E-state index in [1.54, 1.807) is 11.3 Å². The Morgan fingerprint density at radius 1 is 1.19 bits per heavy atom. The maximum absolute atomic E-state index is 13.0. The van der Waals surface area contributed by atoms with Crippen LogP contribution in [0.2, 0.25) is 0 Å². The zero-order valence-electron chi connectivity index (χ0n) is 17.9. The molecule has 5 rings (SSSR count). The van der Waals surface area contributed by atoms with Gasteiger partial charge in [-0.25, -0.2) is 15.0 Å². The van der Waals surface area contributed by atoms with Gasteiger partial charge in [0.15, 0.2) is 5.78 Å². The van der Waals surface area contributed by atoms with Gasteiger partial charge in [-0.05, 0) is 44.6 Å². The summed E-state index contributed by atoms with van der Waals surface area (Å²) < 4.78 is 0. The predicted octanol–water partition coefficient (Wildman–Crippen LogP) is 5.12. The van der Waals surface area contributed by atoms with Crippen LogP contribution in [0, 0.1) is 25.7 Å². The molecule has 0 bridgehead atoms. The molecule has 31 heavy (non-hydrogen) atoms. The molecule has 1 aromatic carbocycles. The lowest BCUT2D eigenvalue weighted by atomic mass is 9.52. The Labute approximate surface area is 185 Å². The smallest absolute Gasteiger partial charge is 0.165 e. The monoisotopic (exact) mass is 431 g/mol. The number of Topliss-reactive ketones (excluding diaryl/α,β-unsaturated/α-hetero) is 1. The summed E-state index contributed by atoms with van der Waals surface area (Å²) >= 11 is 1.65. The molecule has 0 aliphatic heterocycles. The molecule has 5 nitrogen and oxygen atoms in total. The fourth-order valence-corrected chi connectivity index (χ4v) is 6.44. The fraction of sp³-hybridized carbons (Fsp3) is 0.360. The molecule has 2 aliphatic carbocycles. The summed E-state index contributed by atoms with van der Waals surface area (Å²) in [6.07, 6.45) is 5.07. The van der Waals surface area contributed by atoms with Crippen molar-refractivity contribution in [1.29, 1.82) is 0 Å². The van der Waals surface area contributed by atoms with Crippen LogP contribution < -0.4 is 0 Å². The van der Waals surface area contributed by atoms with Crippen molar-refractivity contribution in [3.8, 4) is 10.6 Å². The SMILES string of the molecule is Cc1nc(-c2cnc(C)s2)c2c(n1)[C@@]1(c3ccccc3)CC(=CO)C(=O)[C@@H](C)[C@@H]1CC2. The van der Waals surface area contributed by atoms with E-state index in [0.29, 0.717) is 12.0 Å². The van der Waals surface area contributed by atoms with Crippen molar-refractivity contribution in [3.63, 3.8) is 0 Å². The summed E-state index contributed by atoms with van der Waals surface area (Å²) in [6, 6.07) is 10.4. The first kappa shape index (κ1) is 20.1. The number of benzene rings is 1. The first-order valence-electron chi connectivity index (χ1n) is 10.7. The molecule has 0 radical (unpaired) electrons. The van der Waals surface area contributed by atoms with Crippen molar-refractivity contribution in [1.82, 2.24) is 15.0 Å². The van der Waals surface area contributed by atoms with E-state index >= 15 is 0 Å². The highest BCUT2D eigenvalue weighted by atomic mass is 32.1. The Balaban J connectivity index is 1.83. The van der Waals surface area contributed by atoms with Crippen LogP contribution >= 0.6 is 11.3 Å². The molecule has 6 heteroatoms. The van der Waals surface area contributed by atoms with E-state index in [1.165, 1.54) is 0 Å². The van der Waals surface area contributed by atoms with Crippen LogP contribution in [0.1, 0.15) is 47.4 Å². The first-order chi connectivity index (χ1) is 15.0. The quantitative estimate of drug-likeness (QED) is 0.450. The third-order valence-corrected chi connectivity index (χ3v) is 7.90. The third kappa shape index (κ3) is 2.96. The summed E-state index contributed by atoms with van der Waals surface area (Å²) in [7, 11) is 0. The second-order valence-corrected chi connectivity index (χ2v) is 9.89. The van der Waals surface area contributed by atoms with E-state index in [2.05, 4.69) is 17.1 Å². The Morgan fingerprint density at radius 3 is 2.65 bits per heavy atom. The molecule has 3 aromatic rings. The molecule has 158 valence electrons. The number of hydrogen-bond donors (Lipinski definition) is 1. The summed E-state index contributed by atoms with van der Waals surface area (Å²) in [5.74, 6) is 0.690. The second-order valence-electron chi connectivity index (χ2n) is 8.66. The van der Waals surface area contributed by atoms with Crippen molar-refractivity contribution >= 4 is 17.1 Å². The van der Waals surface area contributed by atoms with Gasteiger partial charge in [0.25, 0.3) is 0 Å². The predicted molar refractivity (Wildman–Crippen MR) is 121 cm³/mol. The molecule has 1 saturated carbocycles. The van der Waals surface area contributed by atoms with Crippen molar-refractivity contribution in [2.24, 2.45) is 11.8 Å². The maximum Gasteiger partial charge on any atom is 0.165 e. The molecule has 2 heterocycles. The molecule has 1 fully saturated rings. The zero-order valence-corrected chi connectivity index (χ0v) is 18.7. The average molecular weight is 432 g/mol. The molecule has 0 spiro atoms. The van der Waals surface area contributed by atoms with Gasteiger partial charge in [0.05, 0.1) is 27.5 Å². The lowest BCUT2D eigenvalue weighted by Crippen LogP contribution is -2.51. The maximum atomic E-state index is 13.0. The molecule has 0 saturated heterocycles. The molecule has 0 unspecified atom stereocenters. The Kier molecular flexibility index (Phi) is 4.77. The van der Waals surface area contributed by atoms with Crippen molar-refractivity contribution in [2.75, 3.05) is 0 Å². The minimum atomic E-state index is -0.473. The topological polar surface area (TPSA) is 76.0 Å². The number of fused-ring (bicyclic) bond motifs is 3. The number of carbonyl (C=O) groups excluding carboxylic acids is 1. The van der Waals surface area contributed by atoms with Crippen molar-refractivity contribution in [3.05, 3.63) is 76.0 Å². The van der Waals surface area contributed by atoms with E-state index in [9.17, 15) is 9.90 Å². The van der Waals surface area contributed by atoms with Crippen LogP contribution in [-0.4, -0.2) is 25.8 Å².